The van der Waals surface area contributed by atoms with E-state index in [0.717, 1.165) is 4.88 Å². The average Bonchev–Trinajstić information content (AvgIpc) is 3.59. The number of amides is 2. The molecular weight excluding hydrogens is 594 g/mol. The molecule has 0 saturated carbocycles. The molecule has 1 aromatic carbocycles. The molecule has 2 aromatic rings. The molecule has 0 aliphatic carbocycles. The maximum Gasteiger partial charge on any atom is 0.416 e. The number of nitrogens with zero attached hydrogens (tertiary/aromatic N) is 1. The molecule has 1 aliphatic rings. The van der Waals surface area contributed by atoms with E-state index >= 15 is 0 Å². The average molecular weight is 625 g/mol. The molecule has 232 valence electrons. The first kappa shape index (κ1) is 33.3. The van der Waals surface area contributed by atoms with Crippen molar-refractivity contribution in [2.24, 2.45) is 16.3 Å². The van der Waals surface area contributed by atoms with Gasteiger partial charge in [-0.1, -0.05) is 26.8 Å². The first-order chi connectivity index (χ1) is 19.4. The summed E-state index contributed by atoms with van der Waals surface area (Å²) in [6, 6.07) is 3.96. The third kappa shape index (κ3) is 8.42. The van der Waals surface area contributed by atoms with Crippen LogP contribution in [0.5, 0.6) is 0 Å². The second kappa shape index (κ2) is 13.0. The van der Waals surface area contributed by atoms with E-state index in [4.69, 9.17) is 10.0 Å². The van der Waals surface area contributed by atoms with Crippen LogP contribution >= 0.6 is 11.3 Å². The number of rotatable bonds is 10. The van der Waals surface area contributed by atoms with Crippen LogP contribution in [0.15, 0.2) is 40.7 Å². The lowest BCUT2D eigenvalue weighted by molar-refractivity contribution is -0.147. The van der Waals surface area contributed by atoms with E-state index in [9.17, 15) is 41.0 Å². The Morgan fingerprint density at radius 3 is 2.19 bits per heavy atom. The van der Waals surface area contributed by atoms with Crippen molar-refractivity contribution >= 4 is 29.0 Å². The van der Waals surface area contributed by atoms with Crippen molar-refractivity contribution in [2.75, 3.05) is 0 Å². The topological polar surface area (TPSA) is 132 Å². The quantitative estimate of drug-likeness (QED) is 0.151. The van der Waals surface area contributed by atoms with Gasteiger partial charge in [0, 0.05) is 0 Å². The molecule has 0 fully saturated rings. The number of alkyl halides is 6. The van der Waals surface area contributed by atoms with Crippen LogP contribution in [0.25, 0.3) is 0 Å². The molecule has 5 N–H and O–H groups in total. The Morgan fingerprint density at radius 1 is 1.07 bits per heavy atom. The normalized spacial score (nSPS) is 18.1. The predicted octanol–water partition coefficient (Wildman–Crippen LogP) is 4.43. The molecule has 2 unspecified atom stereocenters. The second-order valence-corrected chi connectivity index (χ2v) is 11.7. The van der Waals surface area contributed by atoms with Crippen LogP contribution < -0.4 is 16.3 Å². The fourth-order valence-electron chi connectivity index (χ4n) is 4.35. The Balaban J connectivity index is 1.81. The number of hydroxylamine groups is 2. The van der Waals surface area contributed by atoms with E-state index in [-0.39, 0.29) is 36.8 Å². The molecule has 0 spiro atoms. The van der Waals surface area contributed by atoms with E-state index in [2.05, 4.69) is 15.8 Å². The fourth-order valence-corrected chi connectivity index (χ4v) is 5.01. The number of carbonyl (C=O) groups is 2. The van der Waals surface area contributed by atoms with Gasteiger partial charge in [-0.15, -0.1) is 16.8 Å². The number of benzene rings is 1. The molecule has 2 amide bonds. The van der Waals surface area contributed by atoms with Crippen LogP contribution in [0, 0.1) is 11.3 Å². The highest BCUT2D eigenvalue weighted by atomic mass is 32.1. The predicted molar refractivity (Wildman–Crippen MR) is 139 cm³/mol. The molecule has 16 heteroatoms. The van der Waals surface area contributed by atoms with Crippen LogP contribution in [-0.4, -0.2) is 46.3 Å². The molecule has 4 atom stereocenters. The zero-order chi connectivity index (χ0) is 31.5. The zero-order valence-electron chi connectivity index (χ0n) is 22.6. The van der Waals surface area contributed by atoms with E-state index in [1.165, 1.54) is 16.8 Å². The second-order valence-electron chi connectivity index (χ2n) is 10.8. The van der Waals surface area contributed by atoms with Gasteiger partial charge in [-0.2, -0.15) is 26.3 Å². The molecule has 3 rings (SSSR count). The lowest BCUT2D eigenvalue weighted by atomic mass is 9.84. The van der Waals surface area contributed by atoms with Gasteiger partial charge in [0.15, 0.2) is 6.17 Å². The number of aliphatic hydroxyl groups excluding tert-OH is 1. The summed E-state index contributed by atoms with van der Waals surface area (Å²) in [5.74, 6) is -3.42. The molecule has 0 radical (unpaired) electrons. The minimum atomic E-state index is -5.03. The number of thiophene rings is 1. The van der Waals surface area contributed by atoms with Crippen molar-refractivity contribution in [1.82, 2.24) is 16.3 Å². The lowest BCUT2D eigenvalue weighted by Crippen LogP contribution is -2.57. The van der Waals surface area contributed by atoms with E-state index < -0.39 is 64.9 Å². The monoisotopic (exact) mass is 624 g/mol. The van der Waals surface area contributed by atoms with Crippen molar-refractivity contribution in [3.63, 3.8) is 0 Å². The van der Waals surface area contributed by atoms with Gasteiger partial charge in [0.1, 0.15) is 6.10 Å². The van der Waals surface area contributed by atoms with E-state index in [1.807, 2.05) is 5.38 Å². The summed E-state index contributed by atoms with van der Waals surface area (Å²) in [6.45, 7) is 5.36. The third-order valence-corrected chi connectivity index (χ3v) is 7.39. The van der Waals surface area contributed by atoms with Gasteiger partial charge in [-0.3, -0.25) is 14.8 Å². The summed E-state index contributed by atoms with van der Waals surface area (Å²) in [7, 11) is 0. The minimum absolute atomic E-state index is 0.00878. The van der Waals surface area contributed by atoms with Gasteiger partial charge in [0.05, 0.1) is 28.0 Å². The van der Waals surface area contributed by atoms with Gasteiger partial charge in [0.2, 0.25) is 5.91 Å². The Bertz CT molecular complexity index is 1250. The van der Waals surface area contributed by atoms with Crippen molar-refractivity contribution in [1.29, 1.82) is 0 Å². The summed E-state index contributed by atoms with van der Waals surface area (Å²) in [6.07, 6.45) is -13.8. The van der Waals surface area contributed by atoms with Crippen LogP contribution in [0.1, 0.15) is 55.2 Å². The van der Waals surface area contributed by atoms with Crippen LogP contribution in [0.3, 0.4) is 0 Å². The van der Waals surface area contributed by atoms with Gasteiger partial charge in [0.25, 0.3) is 11.8 Å². The Labute approximate surface area is 240 Å². The molecule has 1 aliphatic heterocycles. The number of aliphatic hydroxyl groups is 1. The van der Waals surface area contributed by atoms with Crippen molar-refractivity contribution in [3.05, 3.63) is 57.3 Å². The number of carbonyl (C=O) groups excluding carboxylic acids is 2. The molecule has 42 heavy (non-hydrogen) atoms. The van der Waals surface area contributed by atoms with Crippen molar-refractivity contribution < 1.29 is 51.1 Å². The smallest absolute Gasteiger partial charge is 0.385 e. The number of hydrogen-bond acceptors (Lipinski definition) is 8. The van der Waals surface area contributed by atoms with Gasteiger partial charge >= 0.3 is 12.4 Å². The first-order valence-electron chi connectivity index (χ1n) is 12.7. The fraction of sp³-hybridized carbons (Fsp3) is 0.500. The highest BCUT2D eigenvalue weighted by Gasteiger charge is 2.41. The maximum atomic E-state index is 13.4. The molecule has 0 saturated heterocycles. The minimum Gasteiger partial charge on any atom is -0.385 e. The highest BCUT2D eigenvalue weighted by Crippen LogP contribution is 2.37. The molecule has 9 nitrogen and oxygen atoms in total. The number of halogens is 6. The zero-order valence-corrected chi connectivity index (χ0v) is 23.5. The summed E-state index contributed by atoms with van der Waals surface area (Å²) in [5.41, 5.74) is 0.0499. The highest BCUT2D eigenvalue weighted by molar-refractivity contribution is 7.12. The molecular formula is C26H30F6N4O5S. The van der Waals surface area contributed by atoms with Gasteiger partial charge < -0.3 is 15.3 Å². The Kier molecular flexibility index (Phi) is 10.3. The molecule has 2 heterocycles. The summed E-state index contributed by atoms with van der Waals surface area (Å²) < 4.78 is 79.4. The first-order valence-corrected chi connectivity index (χ1v) is 13.5. The van der Waals surface area contributed by atoms with Crippen LogP contribution in [0.2, 0.25) is 0 Å². The number of hydrogen-bond donors (Lipinski definition) is 5. The van der Waals surface area contributed by atoms with E-state index in [1.54, 1.807) is 32.9 Å². The third-order valence-electron chi connectivity index (χ3n) is 6.54. The SMILES string of the molecule is CC(C)(C)[C@H](NC(=O)[C@H](CCCc1cc(C(F)(F)F)cc(C(F)(F)F)c1)C(O)C(=O)NO)C1N=C(c2cccs2)ON1. The van der Waals surface area contributed by atoms with Gasteiger partial charge in [-0.25, -0.2) is 10.5 Å². The van der Waals surface area contributed by atoms with Crippen molar-refractivity contribution in [2.45, 2.75) is 70.7 Å². The summed E-state index contributed by atoms with van der Waals surface area (Å²) >= 11 is 1.37. The molecule has 0 bridgehead atoms. The number of aliphatic imine (C=N–C) groups is 1. The summed E-state index contributed by atoms with van der Waals surface area (Å²) in [5, 5.41) is 24.1. The van der Waals surface area contributed by atoms with E-state index in [0.29, 0.717) is 12.1 Å². The van der Waals surface area contributed by atoms with Gasteiger partial charge in [-0.05, 0) is 59.9 Å². The standard InChI is InChI=1S/C26H30F6N4O5S/c1-24(2,3)19(20-34-23(41-36-20)17-8-5-9-42-17)33-21(38)16(18(37)22(39)35-40)7-4-6-13-10-14(25(27,28)29)12-15(11-13)26(30,31)32/h5,8-12,16,18-20,36-37,40H,4,6-7H2,1-3H3,(H,33,38)(H,35,39)/t16-,18?,19-,20?/m1/s1. The van der Waals surface area contributed by atoms with Crippen molar-refractivity contribution in [3.8, 4) is 0 Å². The van der Waals surface area contributed by atoms with Crippen LogP contribution in [0.4, 0.5) is 26.3 Å². The summed E-state index contributed by atoms with van der Waals surface area (Å²) in [4.78, 5) is 36.1. The maximum absolute atomic E-state index is 13.4. The number of nitrogens with one attached hydrogen (secondary N) is 3. The Hall–Kier alpha value is -3.21. The Morgan fingerprint density at radius 2 is 1.69 bits per heavy atom. The van der Waals surface area contributed by atoms with Crippen LogP contribution in [-0.2, 0) is 33.2 Å². The largest absolute Gasteiger partial charge is 0.416 e. The lowest BCUT2D eigenvalue weighted by Gasteiger charge is -2.35. The molecule has 1 aromatic heterocycles. The number of aryl methyl sites for hydroxylation is 1.